The average molecular weight is 751 g/mol. The Morgan fingerprint density at radius 2 is 1.33 bits per heavy atom. The summed E-state index contributed by atoms with van der Waals surface area (Å²) in [6.07, 6.45) is 25.1. The van der Waals surface area contributed by atoms with Gasteiger partial charge in [-0.25, -0.2) is 4.98 Å². The van der Waals surface area contributed by atoms with Crippen molar-refractivity contribution in [2.24, 2.45) is 0 Å². The number of benzene rings is 1. The lowest BCUT2D eigenvalue weighted by Gasteiger charge is -2.20. The Hall–Kier alpha value is -4.09. The van der Waals surface area contributed by atoms with Crippen LogP contribution < -0.4 is 25.8 Å². The van der Waals surface area contributed by atoms with Crippen molar-refractivity contribution in [3.63, 3.8) is 0 Å². The van der Waals surface area contributed by atoms with Gasteiger partial charge in [-0.2, -0.15) is 10.1 Å². The number of carbonyl (C=O) groups excluding carboxylic acids is 2. The first-order valence-corrected chi connectivity index (χ1v) is 20.8. The molecular formula is C42H70N8O4. The molecule has 0 atom stereocenters. The normalized spacial score (nSPS) is 11.2. The maximum absolute atomic E-state index is 13.0. The predicted octanol–water partition coefficient (Wildman–Crippen LogP) is 8.80. The summed E-state index contributed by atoms with van der Waals surface area (Å²) in [5.41, 5.74) is 8.97. The number of rotatable bonds is 30. The van der Waals surface area contributed by atoms with Crippen LogP contribution in [0.2, 0.25) is 0 Å². The summed E-state index contributed by atoms with van der Waals surface area (Å²) in [4.78, 5) is 35.7. The van der Waals surface area contributed by atoms with Crippen LogP contribution in [0, 0.1) is 0 Å². The standard InChI is InChI=1S/C42H70N8O4/c1-6-8-10-11-12-13-14-15-16-17-18-19-20-21-22-24-38(51)44-27-23-25-39(52)49(3)30-33-28-36(53-4)34(37(29-33)54-5)31-50-32-35-40(48-50)41(45-26-9-7-2)47-42(43)46-35/h28-29,32H,6-27,30-31H2,1-5H3,(H,44,51)(H3,43,45,46,47). The van der Waals surface area contributed by atoms with E-state index in [0.29, 0.717) is 67.2 Å². The smallest absolute Gasteiger partial charge is 0.222 e. The highest BCUT2D eigenvalue weighted by molar-refractivity contribution is 5.85. The second-order valence-corrected chi connectivity index (χ2v) is 14.7. The number of hydrogen-bond donors (Lipinski definition) is 3. The monoisotopic (exact) mass is 751 g/mol. The van der Waals surface area contributed by atoms with E-state index in [1.54, 1.807) is 30.8 Å². The Morgan fingerprint density at radius 3 is 1.91 bits per heavy atom. The third-order valence-corrected chi connectivity index (χ3v) is 9.98. The molecule has 0 aliphatic carbocycles. The van der Waals surface area contributed by atoms with Crippen molar-refractivity contribution in [2.45, 2.75) is 155 Å². The summed E-state index contributed by atoms with van der Waals surface area (Å²) in [5.74, 6) is 2.16. The van der Waals surface area contributed by atoms with Crippen LogP contribution in [0.15, 0.2) is 18.3 Å². The highest BCUT2D eigenvalue weighted by Gasteiger charge is 2.18. The number of nitrogen functional groups attached to an aromatic ring is 1. The molecule has 0 aliphatic heterocycles. The summed E-state index contributed by atoms with van der Waals surface area (Å²) in [6, 6.07) is 3.86. The van der Waals surface area contributed by atoms with E-state index in [1.807, 2.05) is 18.3 Å². The van der Waals surface area contributed by atoms with Gasteiger partial charge in [0.05, 0.1) is 32.5 Å². The van der Waals surface area contributed by atoms with Crippen LogP contribution in [0.3, 0.4) is 0 Å². The Bertz CT molecular complexity index is 1500. The third kappa shape index (κ3) is 16.1. The van der Waals surface area contributed by atoms with E-state index in [-0.39, 0.29) is 17.8 Å². The van der Waals surface area contributed by atoms with E-state index in [2.05, 4.69) is 34.4 Å². The fourth-order valence-electron chi connectivity index (χ4n) is 6.78. The Labute approximate surface area is 324 Å². The molecule has 3 rings (SSSR count). The van der Waals surface area contributed by atoms with Gasteiger partial charge in [-0.15, -0.1) is 0 Å². The lowest BCUT2D eigenvalue weighted by Crippen LogP contribution is -2.28. The van der Waals surface area contributed by atoms with Crippen molar-refractivity contribution in [2.75, 3.05) is 45.4 Å². The van der Waals surface area contributed by atoms with E-state index in [1.165, 1.54) is 83.5 Å². The Kier molecular flexibility index (Phi) is 21.2. The second-order valence-electron chi connectivity index (χ2n) is 14.7. The zero-order chi connectivity index (χ0) is 39.0. The lowest BCUT2D eigenvalue weighted by atomic mass is 10.0. The van der Waals surface area contributed by atoms with Crippen LogP contribution in [0.1, 0.15) is 153 Å². The molecule has 1 aromatic carbocycles. The van der Waals surface area contributed by atoms with Crippen molar-refractivity contribution in [1.29, 1.82) is 0 Å². The molecule has 0 spiro atoms. The second kappa shape index (κ2) is 25.8. The van der Waals surface area contributed by atoms with E-state index in [0.717, 1.165) is 43.4 Å². The van der Waals surface area contributed by atoms with Gasteiger partial charge >= 0.3 is 0 Å². The SMILES string of the molecule is CCCCCCCCCCCCCCCCCC(=O)NCCCC(=O)N(C)Cc1cc(OC)c(Cn2cc3nc(N)nc(NCCCC)c3n2)c(OC)c1. The van der Waals surface area contributed by atoms with Crippen LogP contribution in [-0.4, -0.2) is 70.8 Å². The summed E-state index contributed by atoms with van der Waals surface area (Å²) >= 11 is 0. The number of fused-ring (bicyclic) bond motifs is 1. The van der Waals surface area contributed by atoms with Gasteiger partial charge in [0.25, 0.3) is 0 Å². The first-order valence-electron chi connectivity index (χ1n) is 20.8. The first kappa shape index (κ1) is 44.3. The highest BCUT2D eigenvalue weighted by Crippen LogP contribution is 2.32. The van der Waals surface area contributed by atoms with Gasteiger partial charge in [0.15, 0.2) is 11.3 Å². The average Bonchev–Trinajstić information content (AvgIpc) is 3.57. The van der Waals surface area contributed by atoms with Crippen LogP contribution in [-0.2, 0) is 22.7 Å². The van der Waals surface area contributed by atoms with E-state index in [9.17, 15) is 9.59 Å². The number of ether oxygens (including phenoxy) is 2. The number of nitrogens with zero attached hydrogens (tertiary/aromatic N) is 5. The molecule has 302 valence electrons. The van der Waals surface area contributed by atoms with Gasteiger partial charge in [0, 0.05) is 39.5 Å². The minimum atomic E-state index is 0.0145. The van der Waals surface area contributed by atoms with Gasteiger partial charge < -0.3 is 30.7 Å². The zero-order valence-corrected chi connectivity index (χ0v) is 34.1. The molecule has 0 bridgehead atoms. The molecule has 0 radical (unpaired) electrons. The van der Waals surface area contributed by atoms with Gasteiger partial charge in [0.1, 0.15) is 17.0 Å². The summed E-state index contributed by atoms with van der Waals surface area (Å²) in [7, 11) is 5.03. The number of nitrogens with one attached hydrogen (secondary N) is 2. The number of unbranched alkanes of at least 4 members (excludes halogenated alkanes) is 15. The molecular weight excluding hydrogens is 681 g/mol. The van der Waals surface area contributed by atoms with Gasteiger partial charge in [0.2, 0.25) is 17.8 Å². The minimum Gasteiger partial charge on any atom is -0.496 e. The van der Waals surface area contributed by atoms with Crippen molar-refractivity contribution in [1.82, 2.24) is 30.0 Å². The molecule has 0 fully saturated rings. The summed E-state index contributed by atoms with van der Waals surface area (Å²) in [6.45, 7) is 6.44. The number of amides is 2. The number of aromatic nitrogens is 4. The number of hydrogen-bond acceptors (Lipinski definition) is 9. The lowest BCUT2D eigenvalue weighted by molar-refractivity contribution is -0.130. The molecule has 12 nitrogen and oxygen atoms in total. The van der Waals surface area contributed by atoms with Crippen LogP contribution >= 0.6 is 0 Å². The van der Waals surface area contributed by atoms with Crippen molar-refractivity contribution in [3.8, 4) is 11.5 Å². The van der Waals surface area contributed by atoms with Gasteiger partial charge in [-0.05, 0) is 37.0 Å². The van der Waals surface area contributed by atoms with Crippen molar-refractivity contribution < 1.29 is 19.1 Å². The Balaban J connectivity index is 1.34. The maximum atomic E-state index is 13.0. The number of anilines is 2. The summed E-state index contributed by atoms with van der Waals surface area (Å²) < 4.78 is 13.3. The molecule has 2 aromatic heterocycles. The number of methoxy groups -OCH3 is 2. The van der Waals surface area contributed by atoms with Gasteiger partial charge in [-0.1, -0.05) is 110 Å². The predicted molar refractivity (Wildman–Crippen MR) is 220 cm³/mol. The number of nitrogens with two attached hydrogens (primary N) is 1. The van der Waals surface area contributed by atoms with E-state index >= 15 is 0 Å². The molecule has 12 heteroatoms. The number of carbonyl (C=O) groups is 2. The van der Waals surface area contributed by atoms with Crippen LogP contribution in [0.25, 0.3) is 11.0 Å². The van der Waals surface area contributed by atoms with Crippen molar-refractivity contribution >= 4 is 34.6 Å². The molecule has 54 heavy (non-hydrogen) atoms. The molecule has 2 amide bonds. The minimum absolute atomic E-state index is 0.0145. The van der Waals surface area contributed by atoms with Gasteiger partial charge in [-0.3, -0.25) is 14.3 Å². The largest absolute Gasteiger partial charge is 0.496 e. The third-order valence-electron chi connectivity index (χ3n) is 9.98. The molecule has 2 heterocycles. The fraction of sp³-hybridized carbons (Fsp3) is 0.690. The topological polar surface area (TPSA) is 150 Å². The van der Waals surface area contributed by atoms with E-state index in [4.69, 9.17) is 20.3 Å². The molecule has 3 aromatic rings. The van der Waals surface area contributed by atoms with Crippen LogP contribution in [0.5, 0.6) is 11.5 Å². The van der Waals surface area contributed by atoms with Crippen LogP contribution in [0.4, 0.5) is 11.8 Å². The molecule has 0 saturated heterocycles. The zero-order valence-electron chi connectivity index (χ0n) is 34.1. The first-order chi connectivity index (χ1) is 26.3. The maximum Gasteiger partial charge on any atom is 0.222 e. The summed E-state index contributed by atoms with van der Waals surface area (Å²) in [5, 5.41) is 11.1. The molecule has 0 saturated carbocycles. The fourth-order valence-corrected chi connectivity index (χ4v) is 6.78. The quantitative estimate of drug-likeness (QED) is 0.0568. The Morgan fingerprint density at radius 1 is 0.759 bits per heavy atom. The highest BCUT2D eigenvalue weighted by atomic mass is 16.5. The van der Waals surface area contributed by atoms with E-state index < -0.39 is 0 Å². The molecule has 4 N–H and O–H groups in total. The van der Waals surface area contributed by atoms with Crippen molar-refractivity contribution in [3.05, 3.63) is 29.5 Å². The molecule has 0 unspecified atom stereocenters. The molecule has 0 aliphatic rings.